The molecule has 2 rings (SSSR count). The third kappa shape index (κ3) is 3.18. The largest absolute Gasteiger partial charge is 0.381 e. The van der Waals surface area contributed by atoms with E-state index in [1.807, 2.05) is 0 Å². The molecule has 5 heteroatoms. The summed E-state index contributed by atoms with van der Waals surface area (Å²) in [7, 11) is -2.76. The van der Waals surface area contributed by atoms with Crippen molar-refractivity contribution in [2.75, 3.05) is 24.7 Å². The first-order valence-electron chi connectivity index (χ1n) is 6.10. The molecular weight excluding hydrogens is 226 g/mol. The zero-order valence-corrected chi connectivity index (χ0v) is 10.4. The van der Waals surface area contributed by atoms with Crippen molar-refractivity contribution in [2.45, 2.75) is 31.7 Å². The van der Waals surface area contributed by atoms with Gasteiger partial charge in [-0.15, -0.1) is 0 Å². The summed E-state index contributed by atoms with van der Waals surface area (Å²) in [5.41, 5.74) is 6.14. The molecule has 4 nitrogen and oxygen atoms in total. The lowest BCUT2D eigenvalue weighted by Crippen LogP contribution is -2.37. The molecule has 2 saturated heterocycles. The number of hydrogen-bond acceptors (Lipinski definition) is 4. The first-order valence-corrected chi connectivity index (χ1v) is 7.93. The molecule has 0 spiro atoms. The van der Waals surface area contributed by atoms with Gasteiger partial charge in [-0.1, -0.05) is 0 Å². The van der Waals surface area contributed by atoms with Gasteiger partial charge in [-0.25, -0.2) is 8.42 Å². The van der Waals surface area contributed by atoms with Crippen molar-refractivity contribution in [1.29, 1.82) is 0 Å². The minimum atomic E-state index is -2.76. The molecule has 0 amide bonds. The fourth-order valence-corrected chi connectivity index (χ4v) is 4.62. The predicted octanol–water partition coefficient (Wildman–Crippen LogP) is 0.565. The molecular formula is C11H21NO3S. The summed E-state index contributed by atoms with van der Waals surface area (Å²) in [6.07, 6.45) is 3.85. The van der Waals surface area contributed by atoms with Crippen LogP contribution in [0, 0.1) is 11.8 Å². The smallest absolute Gasteiger partial charge is 0.150 e. The van der Waals surface area contributed by atoms with E-state index < -0.39 is 9.84 Å². The number of sulfone groups is 1. The van der Waals surface area contributed by atoms with Gasteiger partial charge in [0.25, 0.3) is 0 Å². The van der Waals surface area contributed by atoms with Crippen LogP contribution >= 0.6 is 0 Å². The zero-order valence-electron chi connectivity index (χ0n) is 9.60. The van der Waals surface area contributed by atoms with Crippen molar-refractivity contribution in [2.24, 2.45) is 17.6 Å². The van der Waals surface area contributed by atoms with Crippen LogP contribution in [0.2, 0.25) is 0 Å². The average molecular weight is 247 g/mol. The van der Waals surface area contributed by atoms with Gasteiger partial charge in [-0.2, -0.15) is 0 Å². The van der Waals surface area contributed by atoms with Gasteiger partial charge >= 0.3 is 0 Å². The Morgan fingerprint density at radius 2 is 2.19 bits per heavy atom. The SMILES string of the molecule is NC(CC1CCS(=O)(=O)C1)C1CCCOC1. The molecule has 2 aliphatic heterocycles. The molecule has 2 fully saturated rings. The fraction of sp³-hybridized carbons (Fsp3) is 1.00. The molecule has 2 heterocycles. The second kappa shape index (κ2) is 5.02. The summed E-state index contributed by atoms with van der Waals surface area (Å²) in [5.74, 6) is 1.40. The number of rotatable bonds is 3. The van der Waals surface area contributed by atoms with Crippen molar-refractivity contribution >= 4 is 9.84 Å². The van der Waals surface area contributed by atoms with E-state index in [-0.39, 0.29) is 12.0 Å². The van der Waals surface area contributed by atoms with Crippen LogP contribution in [0.1, 0.15) is 25.7 Å². The standard InChI is InChI=1S/C11H21NO3S/c12-11(10-2-1-4-15-7-10)6-9-3-5-16(13,14)8-9/h9-11H,1-8,12H2. The molecule has 0 aromatic carbocycles. The molecule has 0 aromatic heterocycles. The maximum atomic E-state index is 11.3. The van der Waals surface area contributed by atoms with Crippen molar-refractivity contribution in [3.63, 3.8) is 0 Å². The van der Waals surface area contributed by atoms with E-state index in [2.05, 4.69) is 0 Å². The van der Waals surface area contributed by atoms with E-state index in [1.54, 1.807) is 0 Å². The van der Waals surface area contributed by atoms with Crippen molar-refractivity contribution in [3.8, 4) is 0 Å². The lowest BCUT2D eigenvalue weighted by Gasteiger charge is -2.28. The van der Waals surface area contributed by atoms with Gasteiger partial charge in [-0.3, -0.25) is 0 Å². The zero-order chi connectivity index (χ0) is 11.6. The Morgan fingerprint density at radius 3 is 2.75 bits per heavy atom. The summed E-state index contributed by atoms with van der Waals surface area (Å²) in [6, 6.07) is 0.110. The van der Waals surface area contributed by atoms with Crippen LogP contribution in [0.4, 0.5) is 0 Å². The first kappa shape index (κ1) is 12.3. The molecule has 3 unspecified atom stereocenters. The van der Waals surface area contributed by atoms with Gasteiger partial charge in [0.1, 0.15) is 0 Å². The maximum Gasteiger partial charge on any atom is 0.150 e. The molecule has 94 valence electrons. The molecule has 0 bridgehead atoms. The summed E-state index contributed by atoms with van der Waals surface area (Å²) in [6.45, 7) is 1.60. The number of ether oxygens (including phenoxy) is 1. The molecule has 2 N–H and O–H groups in total. The molecule has 0 aromatic rings. The van der Waals surface area contributed by atoms with Gasteiger partial charge in [-0.05, 0) is 37.5 Å². The number of nitrogens with two attached hydrogens (primary N) is 1. The highest BCUT2D eigenvalue weighted by Crippen LogP contribution is 2.26. The summed E-state index contributed by atoms with van der Waals surface area (Å²) in [5, 5.41) is 0. The fourth-order valence-electron chi connectivity index (χ4n) is 2.74. The van der Waals surface area contributed by atoms with Crippen LogP contribution in [-0.4, -0.2) is 39.2 Å². The van der Waals surface area contributed by atoms with Crippen molar-refractivity contribution in [1.82, 2.24) is 0 Å². The Balaban J connectivity index is 1.80. The van der Waals surface area contributed by atoms with E-state index in [9.17, 15) is 8.42 Å². The highest BCUT2D eigenvalue weighted by molar-refractivity contribution is 7.91. The lowest BCUT2D eigenvalue weighted by atomic mass is 9.87. The quantitative estimate of drug-likeness (QED) is 0.791. The van der Waals surface area contributed by atoms with E-state index in [4.69, 9.17) is 10.5 Å². The molecule has 2 aliphatic rings. The second-order valence-electron chi connectivity index (χ2n) is 5.15. The maximum absolute atomic E-state index is 11.3. The molecule has 0 saturated carbocycles. The van der Waals surface area contributed by atoms with E-state index >= 15 is 0 Å². The Kier molecular flexibility index (Phi) is 3.87. The monoisotopic (exact) mass is 247 g/mol. The third-order valence-electron chi connectivity index (χ3n) is 3.73. The van der Waals surface area contributed by atoms with Crippen molar-refractivity contribution in [3.05, 3.63) is 0 Å². The Bertz CT molecular complexity index is 322. The van der Waals surface area contributed by atoms with Gasteiger partial charge < -0.3 is 10.5 Å². The molecule has 0 aliphatic carbocycles. The van der Waals surface area contributed by atoms with Crippen LogP contribution in [-0.2, 0) is 14.6 Å². The minimum absolute atomic E-state index is 0.110. The summed E-state index contributed by atoms with van der Waals surface area (Å²) < 4.78 is 28.1. The minimum Gasteiger partial charge on any atom is -0.381 e. The van der Waals surface area contributed by atoms with Gasteiger partial charge in [0.05, 0.1) is 18.1 Å². The topological polar surface area (TPSA) is 69.4 Å². The van der Waals surface area contributed by atoms with Crippen LogP contribution in [0.5, 0.6) is 0 Å². The van der Waals surface area contributed by atoms with Gasteiger partial charge in [0, 0.05) is 12.6 Å². The predicted molar refractivity (Wildman–Crippen MR) is 62.9 cm³/mol. The molecule has 0 radical (unpaired) electrons. The van der Waals surface area contributed by atoms with E-state index in [0.29, 0.717) is 17.4 Å². The third-order valence-corrected chi connectivity index (χ3v) is 5.57. The van der Waals surface area contributed by atoms with Crippen LogP contribution in [0.3, 0.4) is 0 Å². The van der Waals surface area contributed by atoms with Gasteiger partial charge in [0.2, 0.25) is 0 Å². The highest BCUT2D eigenvalue weighted by Gasteiger charge is 2.31. The normalized spacial score (nSPS) is 36.1. The van der Waals surface area contributed by atoms with Crippen LogP contribution < -0.4 is 5.73 Å². The second-order valence-corrected chi connectivity index (χ2v) is 7.37. The average Bonchev–Trinajstić information content (AvgIpc) is 2.59. The Morgan fingerprint density at radius 1 is 1.38 bits per heavy atom. The lowest BCUT2D eigenvalue weighted by molar-refractivity contribution is 0.0420. The Hall–Kier alpha value is -0.130. The molecule has 3 atom stereocenters. The van der Waals surface area contributed by atoms with E-state index in [0.717, 1.165) is 38.9 Å². The molecule has 16 heavy (non-hydrogen) atoms. The van der Waals surface area contributed by atoms with Gasteiger partial charge in [0.15, 0.2) is 9.84 Å². The number of hydrogen-bond donors (Lipinski definition) is 1. The summed E-state index contributed by atoms with van der Waals surface area (Å²) >= 11 is 0. The van der Waals surface area contributed by atoms with Crippen LogP contribution in [0.25, 0.3) is 0 Å². The Labute approximate surface area is 97.5 Å². The van der Waals surface area contributed by atoms with Crippen LogP contribution in [0.15, 0.2) is 0 Å². The highest BCUT2D eigenvalue weighted by atomic mass is 32.2. The van der Waals surface area contributed by atoms with E-state index in [1.165, 1.54) is 0 Å². The first-order chi connectivity index (χ1) is 7.57. The summed E-state index contributed by atoms with van der Waals surface area (Å²) in [4.78, 5) is 0. The van der Waals surface area contributed by atoms with Crippen molar-refractivity contribution < 1.29 is 13.2 Å².